The number of ether oxygens (including phenoxy) is 2. The number of aliphatic hydroxyl groups excluding tert-OH is 1. The van der Waals surface area contributed by atoms with Gasteiger partial charge in [-0.15, -0.1) is 0 Å². The van der Waals surface area contributed by atoms with Crippen LogP contribution in [-0.2, 0) is 11.3 Å². The molecule has 0 unspecified atom stereocenters. The number of aliphatic hydroxyl groups is 1. The molecule has 6 nitrogen and oxygen atoms in total. The van der Waals surface area contributed by atoms with Crippen molar-refractivity contribution in [2.45, 2.75) is 52.8 Å². The highest BCUT2D eigenvalue weighted by Gasteiger charge is 2.25. The van der Waals surface area contributed by atoms with Crippen molar-refractivity contribution in [3.63, 3.8) is 0 Å². The summed E-state index contributed by atoms with van der Waals surface area (Å²) in [5.41, 5.74) is 2.47. The van der Waals surface area contributed by atoms with Crippen molar-refractivity contribution in [2.75, 3.05) is 19.8 Å². The van der Waals surface area contributed by atoms with Gasteiger partial charge in [0.05, 0.1) is 29.7 Å². The van der Waals surface area contributed by atoms with Gasteiger partial charge < -0.3 is 14.6 Å². The van der Waals surface area contributed by atoms with E-state index < -0.39 is 11.9 Å². The van der Waals surface area contributed by atoms with Gasteiger partial charge >= 0.3 is 0 Å². The van der Waals surface area contributed by atoms with Gasteiger partial charge in [0.1, 0.15) is 0 Å². The molecule has 0 radical (unpaired) electrons. The van der Waals surface area contributed by atoms with Gasteiger partial charge in [-0.3, -0.25) is 4.90 Å². The highest BCUT2D eigenvalue weighted by atomic mass is 19.1. The van der Waals surface area contributed by atoms with E-state index >= 15 is 0 Å². The molecule has 0 aliphatic heterocycles. The van der Waals surface area contributed by atoms with Crippen molar-refractivity contribution < 1.29 is 19.0 Å². The second-order valence-corrected chi connectivity index (χ2v) is 8.15. The zero-order chi connectivity index (χ0) is 23.8. The minimum atomic E-state index is -0.612. The summed E-state index contributed by atoms with van der Waals surface area (Å²) >= 11 is 0. The van der Waals surface area contributed by atoms with E-state index in [2.05, 4.69) is 18.7 Å². The summed E-state index contributed by atoms with van der Waals surface area (Å²) in [5, 5.41) is 15.2. The monoisotopic (exact) mass is 455 g/mol. The Bertz CT molecular complexity index is 1010. The number of aromatic nitrogens is 2. The van der Waals surface area contributed by atoms with Crippen LogP contribution in [0.1, 0.15) is 38.4 Å². The summed E-state index contributed by atoms with van der Waals surface area (Å²) in [5.74, 6) is 0.173. The molecular formula is C26H34FN3O3. The van der Waals surface area contributed by atoms with Crippen molar-refractivity contribution in [3.05, 3.63) is 71.7 Å². The van der Waals surface area contributed by atoms with Gasteiger partial charge in [-0.25, -0.2) is 9.07 Å². The Morgan fingerprint density at radius 3 is 2.45 bits per heavy atom. The number of rotatable bonds is 12. The maximum atomic E-state index is 14.5. The minimum absolute atomic E-state index is 0.141. The van der Waals surface area contributed by atoms with E-state index in [1.807, 2.05) is 44.2 Å². The smallest absolute Gasteiger partial charge is 0.227 e. The number of benzene rings is 2. The second kappa shape index (κ2) is 11.9. The lowest BCUT2D eigenvalue weighted by molar-refractivity contribution is 0.0111. The predicted octanol–water partition coefficient (Wildman–Crippen LogP) is 5.11. The molecule has 3 rings (SSSR count). The number of aryl methyl sites for hydroxylation is 1. The average Bonchev–Trinajstić information content (AvgIpc) is 3.13. The van der Waals surface area contributed by atoms with Crippen LogP contribution in [0.15, 0.2) is 54.6 Å². The van der Waals surface area contributed by atoms with E-state index in [1.54, 1.807) is 22.9 Å². The molecule has 2 aromatic carbocycles. The van der Waals surface area contributed by atoms with Crippen LogP contribution in [0.25, 0.3) is 5.69 Å². The van der Waals surface area contributed by atoms with Gasteiger partial charge in [-0.2, -0.15) is 5.10 Å². The average molecular weight is 456 g/mol. The van der Waals surface area contributed by atoms with Crippen molar-refractivity contribution in [2.24, 2.45) is 0 Å². The fraction of sp³-hybridized carbons (Fsp3) is 0.423. The normalized spacial score (nSPS) is 13.3. The number of para-hydroxylation sites is 2. The highest BCUT2D eigenvalue weighted by Crippen LogP contribution is 2.33. The minimum Gasteiger partial charge on any atom is -0.435 e. The Morgan fingerprint density at radius 2 is 1.79 bits per heavy atom. The lowest BCUT2D eigenvalue weighted by Crippen LogP contribution is -2.40. The molecule has 0 saturated carbocycles. The van der Waals surface area contributed by atoms with E-state index in [1.165, 1.54) is 6.07 Å². The Labute approximate surface area is 195 Å². The molecule has 33 heavy (non-hydrogen) atoms. The lowest BCUT2D eigenvalue weighted by Gasteiger charge is -2.30. The number of hydrogen-bond donors (Lipinski definition) is 1. The molecule has 0 aliphatic rings. The zero-order valence-corrected chi connectivity index (χ0v) is 19.9. The third-order valence-corrected chi connectivity index (χ3v) is 5.72. The van der Waals surface area contributed by atoms with Gasteiger partial charge in [-0.1, -0.05) is 37.3 Å². The molecule has 0 aliphatic carbocycles. The van der Waals surface area contributed by atoms with Gasteiger partial charge in [-0.05, 0) is 51.5 Å². The van der Waals surface area contributed by atoms with Crippen molar-refractivity contribution in [1.82, 2.24) is 14.7 Å². The molecule has 0 amide bonds. The first-order chi connectivity index (χ1) is 15.9. The molecule has 0 spiro atoms. The van der Waals surface area contributed by atoms with Gasteiger partial charge in [0, 0.05) is 25.7 Å². The Morgan fingerprint density at radius 1 is 1.09 bits per heavy atom. The predicted molar refractivity (Wildman–Crippen MR) is 127 cm³/mol. The number of nitrogens with zero attached hydrogens (tertiary/aromatic N) is 3. The van der Waals surface area contributed by atoms with Crippen LogP contribution in [0.4, 0.5) is 4.39 Å². The molecule has 2 atom stereocenters. The van der Waals surface area contributed by atoms with Crippen LogP contribution in [0, 0.1) is 12.7 Å². The topological polar surface area (TPSA) is 59.8 Å². The fourth-order valence-corrected chi connectivity index (χ4v) is 3.64. The summed E-state index contributed by atoms with van der Waals surface area (Å²) < 4.78 is 27.7. The Hall–Kier alpha value is -2.74. The quantitative estimate of drug-likeness (QED) is 0.411. The highest BCUT2D eigenvalue weighted by molar-refractivity contribution is 5.43. The first kappa shape index (κ1) is 24.9. The zero-order valence-electron chi connectivity index (χ0n) is 19.9. The molecule has 178 valence electrons. The lowest BCUT2D eigenvalue weighted by atomic mass is 10.1. The van der Waals surface area contributed by atoms with Gasteiger partial charge in [0.25, 0.3) is 0 Å². The number of halogens is 1. The summed E-state index contributed by atoms with van der Waals surface area (Å²) in [4.78, 5) is 2.19. The van der Waals surface area contributed by atoms with Crippen molar-refractivity contribution >= 4 is 0 Å². The van der Waals surface area contributed by atoms with E-state index in [-0.39, 0.29) is 18.4 Å². The standard InChI is InChI=1S/C26H34FN3O3/c1-5-19(3)29(16-22(31)18-32-6-2)17-23-20(4)28-30(21-12-8-7-9-13-21)26(23)33-25-15-11-10-14-24(25)27/h7-15,19,22,31H,5-6,16-18H2,1-4H3/t19-,22-/m1/s1. The van der Waals surface area contributed by atoms with Crippen molar-refractivity contribution in [1.29, 1.82) is 0 Å². The molecule has 0 saturated heterocycles. The fourth-order valence-electron chi connectivity index (χ4n) is 3.64. The number of hydrogen-bond acceptors (Lipinski definition) is 5. The third kappa shape index (κ3) is 6.41. The van der Waals surface area contributed by atoms with Gasteiger partial charge in [0.2, 0.25) is 5.88 Å². The van der Waals surface area contributed by atoms with Crippen LogP contribution >= 0.6 is 0 Å². The first-order valence-electron chi connectivity index (χ1n) is 11.5. The van der Waals surface area contributed by atoms with E-state index in [9.17, 15) is 9.50 Å². The summed E-state index contributed by atoms with van der Waals surface area (Å²) in [6, 6.07) is 16.2. The summed E-state index contributed by atoms with van der Waals surface area (Å²) in [6.45, 7) is 9.87. The molecule has 1 N–H and O–H groups in total. The molecule has 0 fully saturated rings. The Balaban J connectivity index is 2.00. The molecule has 1 heterocycles. The van der Waals surface area contributed by atoms with Crippen LogP contribution in [0.2, 0.25) is 0 Å². The van der Waals surface area contributed by atoms with E-state index in [0.29, 0.717) is 25.6 Å². The van der Waals surface area contributed by atoms with Crippen LogP contribution < -0.4 is 4.74 Å². The van der Waals surface area contributed by atoms with E-state index in [0.717, 1.165) is 23.4 Å². The van der Waals surface area contributed by atoms with E-state index in [4.69, 9.17) is 14.6 Å². The molecular weight excluding hydrogens is 421 g/mol. The maximum Gasteiger partial charge on any atom is 0.227 e. The maximum absolute atomic E-state index is 14.5. The van der Waals surface area contributed by atoms with Crippen LogP contribution in [-0.4, -0.2) is 51.7 Å². The Kier molecular flexibility index (Phi) is 9.00. The molecule has 0 bridgehead atoms. The van der Waals surface area contributed by atoms with Gasteiger partial charge in [0.15, 0.2) is 11.6 Å². The first-order valence-corrected chi connectivity index (χ1v) is 11.5. The molecule has 1 aromatic heterocycles. The van der Waals surface area contributed by atoms with Crippen LogP contribution in [0.3, 0.4) is 0 Å². The second-order valence-electron chi connectivity index (χ2n) is 8.15. The molecule has 7 heteroatoms. The largest absolute Gasteiger partial charge is 0.435 e. The summed E-state index contributed by atoms with van der Waals surface area (Å²) in [6.07, 6.45) is 0.302. The van der Waals surface area contributed by atoms with Crippen molar-refractivity contribution in [3.8, 4) is 17.3 Å². The molecule has 3 aromatic rings. The summed E-state index contributed by atoms with van der Waals surface area (Å²) in [7, 11) is 0. The SMILES string of the molecule is CCOC[C@H](O)CN(Cc1c(C)nn(-c2ccccc2)c1Oc1ccccc1F)[C@H](C)CC. The van der Waals surface area contributed by atoms with Crippen LogP contribution in [0.5, 0.6) is 11.6 Å². The third-order valence-electron chi connectivity index (χ3n) is 5.72.